The summed E-state index contributed by atoms with van der Waals surface area (Å²) in [4.78, 5) is 13.5. The third kappa shape index (κ3) is 5.12. The van der Waals surface area contributed by atoms with Crippen LogP contribution in [0.3, 0.4) is 0 Å². The smallest absolute Gasteiger partial charge is 0.239 e. The van der Waals surface area contributed by atoms with Crippen molar-refractivity contribution >= 4 is 11.0 Å². The maximum absolute atomic E-state index is 13.5. The second-order valence-electron chi connectivity index (χ2n) is 7.53. The Kier molecular flexibility index (Phi) is 7.61. The number of aryl methyl sites for hydroxylation is 1. The van der Waals surface area contributed by atoms with Gasteiger partial charge < -0.3 is 23.7 Å². The van der Waals surface area contributed by atoms with Crippen LogP contribution in [0.25, 0.3) is 22.3 Å². The van der Waals surface area contributed by atoms with Crippen molar-refractivity contribution in [3.8, 4) is 34.3 Å². The summed E-state index contributed by atoms with van der Waals surface area (Å²) in [6.07, 6.45) is 7.47. The lowest BCUT2D eigenvalue weighted by atomic mass is 10.0. The van der Waals surface area contributed by atoms with E-state index in [0.717, 1.165) is 5.57 Å². The van der Waals surface area contributed by atoms with Crippen molar-refractivity contribution in [1.82, 2.24) is 0 Å². The number of hydrogen-bond donors (Lipinski definition) is 1. The van der Waals surface area contributed by atoms with Gasteiger partial charge in [0.1, 0.15) is 28.2 Å². The third-order valence-electron chi connectivity index (χ3n) is 4.97. The average molecular weight is 449 g/mol. The van der Waals surface area contributed by atoms with Crippen molar-refractivity contribution in [2.24, 2.45) is 0 Å². The van der Waals surface area contributed by atoms with Crippen molar-refractivity contribution in [2.45, 2.75) is 33.6 Å². The molecule has 0 aliphatic carbocycles. The van der Waals surface area contributed by atoms with Gasteiger partial charge >= 0.3 is 0 Å². The highest BCUT2D eigenvalue weighted by molar-refractivity contribution is 5.91. The van der Waals surface area contributed by atoms with Gasteiger partial charge in [-0.2, -0.15) is 0 Å². The summed E-state index contributed by atoms with van der Waals surface area (Å²) in [5, 5.41) is 10.8. The SMILES string of the molecule is C=C(C)CCc1c(OC=CC)cc(O)c2c(=O)c(OC=CC)c(-c3ccc(OC)cc3)oc12. The van der Waals surface area contributed by atoms with Crippen molar-refractivity contribution in [3.63, 3.8) is 0 Å². The van der Waals surface area contributed by atoms with Gasteiger partial charge in [-0.1, -0.05) is 17.7 Å². The Morgan fingerprint density at radius 1 is 1.12 bits per heavy atom. The number of allylic oxidation sites excluding steroid dienone is 3. The first kappa shape index (κ1) is 23.7. The van der Waals surface area contributed by atoms with E-state index in [4.69, 9.17) is 18.6 Å². The summed E-state index contributed by atoms with van der Waals surface area (Å²) in [6.45, 7) is 9.49. The van der Waals surface area contributed by atoms with Crippen LogP contribution in [0.4, 0.5) is 0 Å². The second-order valence-corrected chi connectivity index (χ2v) is 7.53. The molecule has 6 heteroatoms. The fourth-order valence-electron chi connectivity index (χ4n) is 3.36. The summed E-state index contributed by atoms with van der Waals surface area (Å²) >= 11 is 0. The van der Waals surface area contributed by atoms with Gasteiger partial charge in [0, 0.05) is 17.2 Å². The maximum atomic E-state index is 13.5. The number of hydrogen-bond acceptors (Lipinski definition) is 6. The molecule has 1 aromatic heterocycles. The Hall–Kier alpha value is -3.93. The molecule has 0 unspecified atom stereocenters. The quantitative estimate of drug-likeness (QED) is 0.297. The van der Waals surface area contributed by atoms with Crippen molar-refractivity contribution < 1.29 is 23.7 Å². The summed E-state index contributed by atoms with van der Waals surface area (Å²) in [5.41, 5.74) is 2.03. The fourth-order valence-corrected chi connectivity index (χ4v) is 3.36. The van der Waals surface area contributed by atoms with Crippen LogP contribution in [0.5, 0.6) is 23.0 Å². The molecule has 0 saturated heterocycles. The highest BCUT2D eigenvalue weighted by Gasteiger charge is 2.24. The monoisotopic (exact) mass is 448 g/mol. The Bertz CT molecular complexity index is 1260. The van der Waals surface area contributed by atoms with Crippen LogP contribution in [-0.4, -0.2) is 12.2 Å². The standard InChI is InChI=1S/C27H28O6/c1-6-14-31-22-16-21(28)23-24(29)27(32-15-7-2)25(18-9-11-19(30-5)12-10-18)33-26(23)20(22)13-8-17(3)4/h6-7,9-12,14-16,28H,3,8,13H2,1-2,4-5H3. The second kappa shape index (κ2) is 10.6. The molecule has 0 fully saturated rings. The predicted octanol–water partition coefficient (Wildman–Crippen LogP) is 6.51. The average Bonchev–Trinajstić information content (AvgIpc) is 2.81. The van der Waals surface area contributed by atoms with Gasteiger partial charge in [-0.3, -0.25) is 4.79 Å². The molecule has 6 nitrogen and oxygen atoms in total. The molecular formula is C27H28O6. The van der Waals surface area contributed by atoms with E-state index in [1.54, 1.807) is 50.5 Å². The molecule has 3 rings (SSSR count). The number of methoxy groups -OCH3 is 1. The van der Waals surface area contributed by atoms with E-state index in [2.05, 4.69) is 6.58 Å². The minimum Gasteiger partial charge on any atom is -0.507 e. The van der Waals surface area contributed by atoms with Crippen LogP contribution in [0.15, 0.2) is 76.4 Å². The zero-order chi connectivity index (χ0) is 24.0. The molecule has 0 aliphatic heterocycles. The lowest BCUT2D eigenvalue weighted by Gasteiger charge is -2.16. The van der Waals surface area contributed by atoms with Gasteiger partial charge in [0.25, 0.3) is 0 Å². The first-order chi connectivity index (χ1) is 15.9. The molecule has 33 heavy (non-hydrogen) atoms. The first-order valence-corrected chi connectivity index (χ1v) is 10.6. The van der Waals surface area contributed by atoms with E-state index in [1.165, 1.54) is 18.6 Å². The molecule has 172 valence electrons. The molecule has 2 aromatic carbocycles. The van der Waals surface area contributed by atoms with Crippen molar-refractivity contribution in [3.05, 3.63) is 82.9 Å². The number of phenolic OH excluding ortho intramolecular Hbond substituents is 1. The summed E-state index contributed by atoms with van der Waals surface area (Å²) < 4.78 is 22.9. The fraction of sp³-hybridized carbons (Fsp3) is 0.222. The number of benzene rings is 2. The van der Waals surface area contributed by atoms with Gasteiger partial charge in [-0.15, -0.1) is 6.58 Å². The third-order valence-corrected chi connectivity index (χ3v) is 4.97. The van der Waals surface area contributed by atoms with Crippen LogP contribution in [0.2, 0.25) is 0 Å². The summed E-state index contributed by atoms with van der Waals surface area (Å²) in [7, 11) is 1.58. The van der Waals surface area contributed by atoms with Crippen LogP contribution < -0.4 is 19.6 Å². The Morgan fingerprint density at radius 3 is 2.39 bits per heavy atom. The van der Waals surface area contributed by atoms with E-state index < -0.39 is 5.43 Å². The van der Waals surface area contributed by atoms with Crippen LogP contribution in [0, 0.1) is 0 Å². The van der Waals surface area contributed by atoms with E-state index in [-0.39, 0.29) is 28.2 Å². The number of phenols is 1. The van der Waals surface area contributed by atoms with Crippen molar-refractivity contribution in [2.75, 3.05) is 7.11 Å². The molecule has 1 heterocycles. The topological polar surface area (TPSA) is 78.1 Å². The van der Waals surface area contributed by atoms with Gasteiger partial charge in [0.2, 0.25) is 11.2 Å². The first-order valence-electron chi connectivity index (χ1n) is 10.6. The predicted molar refractivity (Wildman–Crippen MR) is 130 cm³/mol. The van der Waals surface area contributed by atoms with Crippen LogP contribution in [0.1, 0.15) is 32.8 Å². The van der Waals surface area contributed by atoms with E-state index in [1.807, 2.05) is 13.8 Å². The highest BCUT2D eigenvalue weighted by atomic mass is 16.5. The number of rotatable bonds is 9. The number of aromatic hydroxyl groups is 1. The lowest BCUT2D eigenvalue weighted by molar-refractivity contribution is 0.414. The largest absolute Gasteiger partial charge is 0.507 e. The minimum atomic E-state index is -0.480. The molecule has 0 bridgehead atoms. The molecular weight excluding hydrogens is 420 g/mol. The number of fused-ring (bicyclic) bond motifs is 1. The zero-order valence-corrected chi connectivity index (χ0v) is 19.3. The van der Waals surface area contributed by atoms with Gasteiger partial charge in [-0.05, 0) is 57.9 Å². The number of ether oxygens (including phenoxy) is 3. The van der Waals surface area contributed by atoms with Crippen LogP contribution in [-0.2, 0) is 6.42 Å². The molecule has 3 aromatic rings. The molecule has 0 aliphatic rings. The van der Waals surface area contributed by atoms with Gasteiger partial charge in [-0.25, -0.2) is 0 Å². The molecule has 1 N–H and O–H groups in total. The molecule has 0 spiro atoms. The molecule has 0 amide bonds. The molecule has 0 radical (unpaired) electrons. The molecule has 0 saturated carbocycles. The highest BCUT2D eigenvalue weighted by Crippen LogP contribution is 2.40. The Labute approximate surface area is 193 Å². The Morgan fingerprint density at radius 2 is 1.79 bits per heavy atom. The van der Waals surface area contributed by atoms with Crippen molar-refractivity contribution in [1.29, 1.82) is 0 Å². The summed E-state index contributed by atoms with van der Waals surface area (Å²) in [6, 6.07) is 8.52. The zero-order valence-electron chi connectivity index (χ0n) is 19.3. The van der Waals surface area contributed by atoms with Gasteiger partial charge in [0.15, 0.2) is 5.76 Å². The van der Waals surface area contributed by atoms with E-state index >= 15 is 0 Å². The van der Waals surface area contributed by atoms with Crippen LogP contribution >= 0.6 is 0 Å². The lowest BCUT2D eigenvalue weighted by Crippen LogP contribution is -2.09. The summed E-state index contributed by atoms with van der Waals surface area (Å²) in [5.74, 6) is 1.05. The van der Waals surface area contributed by atoms with Gasteiger partial charge in [0.05, 0.1) is 19.6 Å². The Balaban J connectivity index is 2.38. The maximum Gasteiger partial charge on any atom is 0.239 e. The normalized spacial score (nSPS) is 11.4. The minimum absolute atomic E-state index is 0.0194. The van der Waals surface area contributed by atoms with E-state index in [0.29, 0.717) is 35.5 Å². The molecule has 0 atom stereocenters. The van der Waals surface area contributed by atoms with E-state index in [9.17, 15) is 9.90 Å².